The van der Waals surface area contributed by atoms with Crippen molar-refractivity contribution >= 4 is 22.9 Å². The smallest absolute Gasteiger partial charge is 0.331 e. The highest BCUT2D eigenvalue weighted by molar-refractivity contribution is 5.92. The predicted molar refractivity (Wildman–Crippen MR) is 107 cm³/mol. The van der Waals surface area contributed by atoms with Crippen LogP contribution in [-0.4, -0.2) is 28.2 Å². The van der Waals surface area contributed by atoms with Crippen LogP contribution in [0.3, 0.4) is 0 Å². The fraction of sp³-hybridized carbons (Fsp3) is 0.0909. The third kappa shape index (κ3) is 4.30. The topological polar surface area (TPSA) is 87.3 Å². The molecule has 0 spiro atoms. The molecule has 7 heteroatoms. The Hall–Kier alpha value is -4.00. The first-order chi connectivity index (χ1) is 14.2. The summed E-state index contributed by atoms with van der Waals surface area (Å²) < 4.78 is 15.5. The van der Waals surface area contributed by atoms with Crippen LogP contribution in [0.2, 0.25) is 0 Å². The minimum absolute atomic E-state index is 0.0867. The van der Waals surface area contributed by atoms with Gasteiger partial charge in [0.1, 0.15) is 5.75 Å². The average molecular weight is 387 g/mol. The summed E-state index contributed by atoms with van der Waals surface area (Å²) >= 11 is 0. The van der Waals surface area contributed by atoms with Gasteiger partial charge in [-0.25, -0.2) is 4.79 Å². The zero-order valence-electron chi connectivity index (χ0n) is 15.6. The van der Waals surface area contributed by atoms with Gasteiger partial charge in [0.05, 0.1) is 12.6 Å². The number of fused-ring (bicyclic) bond motifs is 1. The number of carbonyl (C=O) groups excluding carboxylic acids is 1. The molecule has 0 unspecified atom stereocenters. The second-order valence-electron chi connectivity index (χ2n) is 6.11. The highest BCUT2D eigenvalue weighted by Gasteiger charge is 2.10. The number of nitrogens with zero attached hydrogens (tertiary/aromatic N) is 3. The number of ether oxygens (including phenoxy) is 2. The van der Waals surface area contributed by atoms with Crippen LogP contribution in [0.15, 0.2) is 71.4 Å². The molecule has 0 radical (unpaired) electrons. The van der Waals surface area contributed by atoms with E-state index < -0.39 is 5.97 Å². The maximum Gasteiger partial charge on any atom is 0.331 e. The van der Waals surface area contributed by atoms with E-state index in [4.69, 9.17) is 14.0 Å². The van der Waals surface area contributed by atoms with E-state index in [1.807, 2.05) is 42.5 Å². The summed E-state index contributed by atoms with van der Waals surface area (Å²) in [4.78, 5) is 20.6. The van der Waals surface area contributed by atoms with Crippen LogP contribution in [0.4, 0.5) is 0 Å². The molecule has 2 heterocycles. The van der Waals surface area contributed by atoms with E-state index in [0.717, 1.165) is 27.8 Å². The molecule has 0 saturated heterocycles. The van der Waals surface area contributed by atoms with E-state index in [-0.39, 0.29) is 12.4 Å². The lowest BCUT2D eigenvalue weighted by molar-refractivity contribution is -0.139. The van der Waals surface area contributed by atoms with Gasteiger partial charge in [-0.15, -0.1) is 0 Å². The van der Waals surface area contributed by atoms with Gasteiger partial charge in [0, 0.05) is 28.8 Å². The van der Waals surface area contributed by atoms with Gasteiger partial charge in [0.2, 0.25) is 5.82 Å². The Labute approximate surface area is 166 Å². The highest BCUT2D eigenvalue weighted by atomic mass is 16.5. The summed E-state index contributed by atoms with van der Waals surface area (Å²) in [6.07, 6.45) is 4.75. The van der Waals surface area contributed by atoms with Crippen LogP contribution >= 0.6 is 0 Å². The molecule has 29 heavy (non-hydrogen) atoms. The second-order valence-corrected chi connectivity index (χ2v) is 6.11. The summed E-state index contributed by atoms with van der Waals surface area (Å²) in [7, 11) is 1.60. The molecule has 0 amide bonds. The van der Waals surface area contributed by atoms with Gasteiger partial charge in [0.15, 0.2) is 6.61 Å². The maximum atomic E-state index is 12.0. The number of pyridine rings is 1. The van der Waals surface area contributed by atoms with Gasteiger partial charge < -0.3 is 14.0 Å². The van der Waals surface area contributed by atoms with Crippen LogP contribution in [0.1, 0.15) is 11.4 Å². The van der Waals surface area contributed by atoms with Gasteiger partial charge in [-0.05, 0) is 36.4 Å². The van der Waals surface area contributed by atoms with Gasteiger partial charge in [-0.2, -0.15) is 4.98 Å². The Balaban J connectivity index is 1.38. The molecule has 7 nitrogen and oxygen atoms in total. The van der Waals surface area contributed by atoms with Crippen molar-refractivity contribution < 1.29 is 18.8 Å². The highest BCUT2D eigenvalue weighted by Crippen LogP contribution is 2.21. The van der Waals surface area contributed by atoms with Gasteiger partial charge in [-0.1, -0.05) is 29.4 Å². The number of aromatic nitrogens is 3. The minimum Gasteiger partial charge on any atom is -0.497 e. The molecule has 0 fully saturated rings. The van der Waals surface area contributed by atoms with Crippen molar-refractivity contribution in [2.24, 2.45) is 0 Å². The van der Waals surface area contributed by atoms with Crippen molar-refractivity contribution in [2.45, 2.75) is 6.61 Å². The lowest BCUT2D eigenvalue weighted by atomic mass is 10.1. The second kappa shape index (κ2) is 8.35. The Morgan fingerprint density at radius 2 is 1.93 bits per heavy atom. The largest absolute Gasteiger partial charge is 0.497 e. The third-order valence-electron chi connectivity index (χ3n) is 4.21. The van der Waals surface area contributed by atoms with Crippen molar-refractivity contribution in [2.75, 3.05) is 7.11 Å². The number of rotatable bonds is 6. The molecule has 0 saturated carbocycles. The summed E-state index contributed by atoms with van der Waals surface area (Å²) in [5.41, 5.74) is 2.40. The number of benzene rings is 2. The molecule has 4 aromatic rings. The molecule has 0 aliphatic carbocycles. The molecule has 4 rings (SSSR count). The van der Waals surface area contributed by atoms with Crippen molar-refractivity contribution in [1.29, 1.82) is 0 Å². The fourth-order valence-corrected chi connectivity index (χ4v) is 2.77. The standard InChI is InChI=1S/C22H17N3O4/c1-27-18-10-7-17(8-11-18)22-24-19(25-29-22)14-28-20(26)12-9-16-5-2-4-15-6-3-13-23-21(15)16/h2-13H,14H2,1H3. The molecule has 2 aromatic heterocycles. The van der Waals surface area contributed by atoms with Crippen molar-refractivity contribution in [3.8, 4) is 17.2 Å². The number of esters is 1. The normalized spacial score (nSPS) is 11.1. The van der Waals surface area contributed by atoms with E-state index in [0.29, 0.717) is 5.89 Å². The Bertz CT molecular complexity index is 1160. The third-order valence-corrected chi connectivity index (χ3v) is 4.21. The van der Waals surface area contributed by atoms with Gasteiger partial charge in [0.25, 0.3) is 5.89 Å². The monoisotopic (exact) mass is 387 g/mol. The Morgan fingerprint density at radius 1 is 1.10 bits per heavy atom. The number of carbonyl (C=O) groups is 1. The predicted octanol–water partition coefficient (Wildman–Crippen LogP) is 4.05. The van der Waals surface area contributed by atoms with E-state index >= 15 is 0 Å². The molecular weight excluding hydrogens is 370 g/mol. The van der Waals surface area contributed by atoms with Crippen LogP contribution < -0.4 is 4.74 Å². The zero-order chi connectivity index (χ0) is 20.1. The molecule has 144 valence electrons. The molecular formula is C22H17N3O4. The zero-order valence-corrected chi connectivity index (χ0v) is 15.6. The van der Waals surface area contributed by atoms with Crippen LogP contribution in [0.5, 0.6) is 5.75 Å². The summed E-state index contributed by atoms with van der Waals surface area (Å²) in [5, 5.41) is 4.84. The Kier molecular flexibility index (Phi) is 5.29. The van der Waals surface area contributed by atoms with E-state index in [2.05, 4.69) is 15.1 Å². The van der Waals surface area contributed by atoms with E-state index in [1.165, 1.54) is 6.08 Å². The van der Waals surface area contributed by atoms with Crippen molar-refractivity contribution in [3.63, 3.8) is 0 Å². The summed E-state index contributed by atoms with van der Waals surface area (Å²) in [5.74, 6) is 0.852. The molecule has 0 atom stereocenters. The van der Waals surface area contributed by atoms with Crippen LogP contribution in [-0.2, 0) is 16.1 Å². The first-order valence-electron chi connectivity index (χ1n) is 8.88. The fourth-order valence-electron chi connectivity index (χ4n) is 2.77. The van der Waals surface area contributed by atoms with Crippen molar-refractivity contribution in [1.82, 2.24) is 15.1 Å². The summed E-state index contributed by atoms with van der Waals surface area (Å²) in [6, 6.07) is 16.8. The van der Waals surface area contributed by atoms with E-state index in [1.54, 1.807) is 31.5 Å². The first-order valence-corrected chi connectivity index (χ1v) is 8.88. The number of para-hydroxylation sites is 1. The SMILES string of the molecule is COc1ccc(-c2nc(COC(=O)C=Cc3cccc4cccnc34)no2)cc1. The molecule has 0 bridgehead atoms. The number of methoxy groups -OCH3 is 1. The summed E-state index contributed by atoms with van der Waals surface area (Å²) in [6.45, 7) is -0.0867. The van der Waals surface area contributed by atoms with Gasteiger partial charge in [-0.3, -0.25) is 4.98 Å². The number of hydrogen-bond acceptors (Lipinski definition) is 7. The number of hydrogen-bond donors (Lipinski definition) is 0. The molecule has 0 N–H and O–H groups in total. The Morgan fingerprint density at radius 3 is 2.76 bits per heavy atom. The molecule has 0 aliphatic rings. The quantitative estimate of drug-likeness (QED) is 0.364. The van der Waals surface area contributed by atoms with Crippen molar-refractivity contribution in [3.05, 3.63) is 78.3 Å². The lowest BCUT2D eigenvalue weighted by Crippen LogP contribution is -2.02. The molecule has 2 aromatic carbocycles. The first kappa shape index (κ1) is 18.4. The lowest BCUT2D eigenvalue weighted by Gasteiger charge is -2.01. The van der Waals surface area contributed by atoms with E-state index in [9.17, 15) is 4.79 Å². The van der Waals surface area contributed by atoms with Gasteiger partial charge >= 0.3 is 5.97 Å². The maximum absolute atomic E-state index is 12.0. The average Bonchev–Trinajstić information content (AvgIpc) is 3.25. The van der Waals surface area contributed by atoms with Crippen LogP contribution in [0, 0.1) is 0 Å². The molecule has 0 aliphatic heterocycles. The minimum atomic E-state index is -0.506. The van der Waals surface area contributed by atoms with Crippen LogP contribution in [0.25, 0.3) is 28.4 Å².